The second kappa shape index (κ2) is 20.6. The van der Waals surface area contributed by atoms with Gasteiger partial charge in [0.1, 0.15) is 0 Å². The third kappa shape index (κ3) is 21.0. The molecule has 178 valence electrons. The van der Waals surface area contributed by atoms with Gasteiger partial charge in [0.2, 0.25) is 0 Å². The largest absolute Gasteiger partial charge is 0.481 e. The Hall–Kier alpha value is -1.67. The van der Waals surface area contributed by atoms with E-state index in [4.69, 9.17) is 25.2 Å². The van der Waals surface area contributed by atoms with Crippen LogP contribution in [0.5, 0.6) is 0 Å². The highest BCUT2D eigenvalue weighted by Gasteiger charge is 2.40. The van der Waals surface area contributed by atoms with Crippen molar-refractivity contribution in [3.63, 3.8) is 0 Å². The minimum Gasteiger partial charge on any atom is -0.481 e. The summed E-state index contributed by atoms with van der Waals surface area (Å²) in [6, 6.07) is 0. The molecular formula is C22H42O8. The van der Waals surface area contributed by atoms with Crippen molar-refractivity contribution in [2.75, 3.05) is 13.2 Å². The third-order valence-corrected chi connectivity index (χ3v) is 4.57. The summed E-state index contributed by atoms with van der Waals surface area (Å²) >= 11 is 0. The molecule has 8 nitrogen and oxygen atoms in total. The average molecular weight is 435 g/mol. The number of carbonyl (C=O) groups is 3. The second-order valence-electron chi connectivity index (χ2n) is 7.63. The highest BCUT2D eigenvalue weighted by atomic mass is 16.5. The van der Waals surface area contributed by atoms with Crippen molar-refractivity contribution in [3.05, 3.63) is 0 Å². The fraction of sp³-hybridized carbons (Fsp3) is 0.864. The summed E-state index contributed by atoms with van der Waals surface area (Å²) in [6.45, 7) is 6.51. The lowest BCUT2D eigenvalue weighted by atomic mass is 9.96. The molecule has 0 aliphatic carbocycles. The third-order valence-electron chi connectivity index (χ3n) is 4.57. The van der Waals surface area contributed by atoms with Gasteiger partial charge < -0.3 is 25.2 Å². The Morgan fingerprint density at radius 3 is 1.27 bits per heavy atom. The van der Waals surface area contributed by atoms with Crippen LogP contribution < -0.4 is 0 Å². The quantitative estimate of drug-likeness (QED) is 0.218. The molecule has 0 amide bonds. The molecule has 4 N–H and O–H groups in total. The monoisotopic (exact) mass is 434 g/mol. The van der Waals surface area contributed by atoms with E-state index in [1.165, 1.54) is 77.0 Å². The number of carboxylic acids is 3. The van der Waals surface area contributed by atoms with E-state index < -0.39 is 36.4 Å². The molecule has 0 aromatic carbocycles. The topological polar surface area (TPSA) is 141 Å². The van der Waals surface area contributed by atoms with Gasteiger partial charge in [-0.3, -0.25) is 9.59 Å². The molecule has 30 heavy (non-hydrogen) atoms. The van der Waals surface area contributed by atoms with Crippen LogP contribution in [-0.2, 0) is 19.1 Å². The van der Waals surface area contributed by atoms with Gasteiger partial charge in [-0.15, -0.1) is 0 Å². The first-order valence-corrected chi connectivity index (χ1v) is 11.2. The van der Waals surface area contributed by atoms with Gasteiger partial charge in [0, 0.05) is 13.2 Å². The van der Waals surface area contributed by atoms with Crippen molar-refractivity contribution < 1.29 is 39.5 Å². The van der Waals surface area contributed by atoms with Crippen molar-refractivity contribution in [1.29, 1.82) is 0 Å². The van der Waals surface area contributed by atoms with Gasteiger partial charge in [-0.05, 0) is 12.8 Å². The molecule has 0 aliphatic rings. The first-order chi connectivity index (χ1) is 14.2. The molecule has 0 saturated carbocycles. The van der Waals surface area contributed by atoms with Gasteiger partial charge in [0.15, 0.2) is 5.60 Å². The van der Waals surface area contributed by atoms with Crippen LogP contribution in [0, 0.1) is 0 Å². The predicted octanol–water partition coefficient (Wildman–Crippen LogP) is 4.48. The zero-order valence-corrected chi connectivity index (χ0v) is 18.7. The van der Waals surface area contributed by atoms with Crippen molar-refractivity contribution in [2.45, 2.75) is 109 Å². The first kappa shape index (κ1) is 30.5. The van der Waals surface area contributed by atoms with Crippen molar-refractivity contribution in [3.8, 4) is 0 Å². The van der Waals surface area contributed by atoms with Crippen LogP contribution in [0.2, 0.25) is 0 Å². The summed E-state index contributed by atoms with van der Waals surface area (Å²) in [6.07, 6.45) is 14.1. The minimum absolute atomic E-state index is 0.987. The molecule has 0 spiro atoms. The molecule has 0 bridgehead atoms. The normalized spacial score (nSPS) is 10.9. The summed E-state index contributed by atoms with van der Waals surface area (Å²) in [5.74, 6) is -5.02. The van der Waals surface area contributed by atoms with E-state index in [0.717, 1.165) is 13.2 Å². The van der Waals surface area contributed by atoms with Gasteiger partial charge in [0.05, 0.1) is 12.8 Å². The Bertz CT molecular complexity index is 420. The summed E-state index contributed by atoms with van der Waals surface area (Å²) in [4.78, 5) is 30.5. The zero-order chi connectivity index (χ0) is 23.3. The number of rotatable bonds is 19. The van der Waals surface area contributed by atoms with Crippen LogP contribution in [0.15, 0.2) is 0 Å². The highest BCUT2D eigenvalue weighted by Crippen LogP contribution is 2.15. The summed E-state index contributed by atoms with van der Waals surface area (Å²) in [5.41, 5.74) is -2.74. The minimum atomic E-state index is -2.74. The molecule has 0 aromatic heterocycles. The maximum absolute atomic E-state index is 10.3. The number of ether oxygens (including phenoxy) is 1. The van der Waals surface area contributed by atoms with E-state index in [1.807, 2.05) is 0 Å². The molecule has 0 atom stereocenters. The Morgan fingerprint density at radius 2 is 0.967 bits per heavy atom. The second-order valence-corrected chi connectivity index (χ2v) is 7.63. The molecule has 0 heterocycles. The van der Waals surface area contributed by atoms with E-state index in [9.17, 15) is 14.4 Å². The van der Waals surface area contributed by atoms with E-state index in [0.29, 0.717) is 0 Å². The molecule has 0 aromatic rings. The zero-order valence-electron chi connectivity index (χ0n) is 18.7. The predicted molar refractivity (Wildman–Crippen MR) is 115 cm³/mol. The van der Waals surface area contributed by atoms with Gasteiger partial charge >= 0.3 is 17.9 Å². The van der Waals surface area contributed by atoms with E-state index in [1.54, 1.807) is 0 Å². The fourth-order valence-corrected chi connectivity index (χ4v) is 2.79. The Morgan fingerprint density at radius 1 is 0.633 bits per heavy atom. The average Bonchev–Trinajstić information content (AvgIpc) is 2.64. The fourth-order valence-electron chi connectivity index (χ4n) is 2.79. The maximum atomic E-state index is 10.3. The van der Waals surface area contributed by atoms with E-state index >= 15 is 0 Å². The number of aliphatic carboxylic acids is 3. The maximum Gasteiger partial charge on any atom is 0.336 e. The van der Waals surface area contributed by atoms with Gasteiger partial charge in [-0.25, -0.2) is 4.79 Å². The lowest BCUT2D eigenvalue weighted by Crippen LogP contribution is -2.42. The van der Waals surface area contributed by atoms with Crippen LogP contribution in [0.4, 0.5) is 0 Å². The van der Waals surface area contributed by atoms with Crippen molar-refractivity contribution in [1.82, 2.24) is 0 Å². The van der Waals surface area contributed by atoms with Gasteiger partial charge in [-0.2, -0.15) is 0 Å². The number of carboxylic acid groups (broad SMARTS) is 3. The van der Waals surface area contributed by atoms with Crippen molar-refractivity contribution in [2.24, 2.45) is 0 Å². The van der Waals surface area contributed by atoms with Crippen molar-refractivity contribution >= 4 is 17.9 Å². The molecule has 0 saturated heterocycles. The lowest BCUT2D eigenvalue weighted by molar-refractivity contribution is -0.170. The summed E-state index contributed by atoms with van der Waals surface area (Å²) in [5, 5.41) is 33.8. The molecule has 0 unspecified atom stereocenters. The molecule has 0 radical (unpaired) electrons. The summed E-state index contributed by atoms with van der Waals surface area (Å²) < 4.78 is 5.65. The Labute approximate surface area is 180 Å². The lowest BCUT2D eigenvalue weighted by Gasteiger charge is -2.18. The van der Waals surface area contributed by atoms with Gasteiger partial charge in [0.25, 0.3) is 0 Å². The van der Waals surface area contributed by atoms with E-state index in [2.05, 4.69) is 13.8 Å². The molecule has 0 aliphatic heterocycles. The van der Waals surface area contributed by atoms with E-state index in [-0.39, 0.29) is 0 Å². The number of hydrogen-bond acceptors (Lipinski definition) is 5. The van der Waals surface area contributed by atoms with Crippen LogP contribution in [0.25, 0.3) is 0 Å². The van der Waals surface area contributed by atoms with Crippen LogP contribution >= 0.6 is 0 Å². The molecular weight excluding hydrogens is 392 g/mol. The summed E-state index contributed by atoms with van der Waals surface area (Å²) in [7, 11) is 0. The number of hydrogen-bond donors (Lipinski definition) is 4. The standard InChI is InChI=1S/C16H34O.C6H8O7/c1-3-5-7-9-11-13-15-17-16-14-12-10-8-6-4-2;7-3(8)1-6(13,5(11)12)2-4(9)10/h3-16H2,1-2H3;13H,1-2H2,(H,7,8)(H,9,10)(H,11,12). The smallest absolute Gasteiger partial charge is 0.336 e. The molecule has 0 rings (SSSR count). The first-order valence-electron chi connectivity index (χ1n) is 11.2. The number of unbranched alkanes of at least 4 members (excludes halogenated alkanes) is 10. The van der Waals surface area contributed by atoms with Crippen LogP contribution in [0.1, 0.15) is 104 Å². The Balaban J connectivity index is 0. The molecule has 8 heteroatoms. The van der Waals surface area contributed by atoms with Gasteiger partial charge in [-0.1, -0.05) is 78.1 Å². The SMILES string of the molecule is CCCCCCCCOCCCCCCCC.O=C(O)CC(O)(CC(=O)O)C(=O)O. The van der Waals surface area contributed by atoms with Crippen LogP contribution in [0.3, 0.4) is 0 Å². The molecule has 0 fully saturated rings. The Kier molecular flexibility index (Phi) is 21.0. The number of aliphatic hydroxyl groups is 1. The highest BCUT2D eigenvalue weighted by molar-refractivity contribution is 5.88. The van der Waals surface area contributed by atoms with Crippen LogP contribution in [-0.4, -0.2) is 57.1 Å².